The van der Waals surface area contributed by atoms with Crippen molar-refractivity contribution < 1.29 is 53.4 Å². The molecular formula is C17H28F2N2O9. The Labute approximate surface area is 171 Å². The van der Waals surface area contributed by atoms with Crippen LogP contribution in [0.15, 0.2) is 0 Å². The highest BCUT2D eigenvalue weighted by Gasteiger charge is 2.54. The molecule has 0 aliphatic carbocycles. The van der Waals surface area contributed by atoms with Gasteiger partial charge in [0.25, 0.3) is 5.92 Å². The summed E-state index contributed by atoms with van der Waals surface area (Å²) in [4.78, 5) is 34.8. The molecule has 0 spiro atoms. The number of carboxylic acid groups (broad SMARTS) is 1. The van der Waals surface area contributed by atoms with E-state index in [1.165, 1.54) is 13.8 Å². The summed E-state index contributed by atoms with van der Waals surface area (Å²) < 4.78 is 34.2. The van der Waals surface area contributed by atoms with E-state index in [0.29, 0.717) is 0 Å². The number of amides is 2. The molecule has 0 bridgehead atoms. The van der Waals surface area contributed by atoms with E-state index in [4.69, 9.17) is 14.9 Å². The highest BCUT2D eigenvalue weighted by Crippen LogP contribution is 2.36. The first-order valence-electron chi connectivity index (χ1n) is 9.24. The number of halogens is 2. The van der Waals surface area contributed by atoms with Gasteiger partial charge >= 0.3 is 5.97 Å². The van der Waals surface area contributed by atoms with E-state index in [-0.39, 0.29) is 0 Å². The van der Waals surface area contributed by atoms with Crippen molar-refractivity contribution in [3.05, 3.63) is 0 Å². The lowest BCUT2D eigenvalue weighted by Gasteiger charge is -2.43. The van der Waals surface area contributed by atoms with E-state index in [1.807, 2.05) is 0 Å². The molecule has 1 rings (SSSR count). The van der Waals surface area contributed by atoms with Crippen LogP contribution in [-0.4, -0.2) is 98.4 Å². The number of carboxylic acids is 1. The lowest BCUT2D eigenvalue weighted by Crippen LogP contribution is -2.63. The van der Waals surface area contributed by atoms with E-state index >= 15 is 0 Å². The van der Waals surface area contributed by atoms with Crippen molar-refractivity contribution in [2.75, 3.05) is 6.61 Å². The zero-order chi connectivity index (χ0) is 23.4. The van der Waals surface area contributed by atoms with Crippen LogP contribution in [-0.2, 0) is 19.1 Å². The molecule has 30 heavy (non-hydrogen) atoms. The second-order valence-corrected chi connectivity index (χ2v) is 7.41. The molecule has 13 heteroatoms. The Morgan fingerprint density at radius 2 is 1.50 bits per heavy atom. The van der Waals surface area contributed by atoms with Crippen molar-refractivity contribution in [1.29, 1.82) is 0 Å². The standard InChI is InChI=1S/C17H28F2N2O9/c1-6(14(26)20-7(2)15(27)21-8(3)16(28)29)4-17(18,19)13-12(25)11(24)10(23)9(5-22)30-13/h6-13,22-25H,4-5H2,1-3H3,(H,20,26)(H,21,27)(H,28,29)/t6?,7-,8-,9+,10-,11-,12+,13-/m0/s1. The Bertz CT molecular complexity index is 634. The van der Waals surface area contributed by atoms with Crippen molar-refractivity contribution >= 4 is 17.8 Å². The number of ether oxygens (including phenoxy) is 1. The Morgan fingerprint density at radius 3 is 2.00 bits per heavy atom. The number of nitrogens with one attached hydrogen (secondary N) is 2. The van der Waals surface area contributed by atoms with Crippen molar-refractivity contribution in [3.63, 3.8) is 0 Å². The predicted molar refractivity (Wildman–Crippen MR) is 95.3 cm³/mol. The molecule has 0 aromatic rings. The fourth-order valence-corrected chi connectivity index (χ4v) is 2.89. The van der Waals surface area contributed by atoms with Crippen LogP contribution in [0.1, 0.15) is 27.2 Å². The maximum Gasteiger partial charge on any atom is 0.325 e. The highest BCUT2D eigenvalue weighted by molar-refractivity contribution is 5.90. The monoisotopic (exact) mass is 442 g/mol. The predicted octanol–water partition coefficient (Wildman–Crippen LogP) is -2.42. The van der Waals surface area contributed by atoms with Crippen LogP contribution in [0.25, 0.3) is 0 Å². The van der Waals surface area contributed by atoms with Crippen LogP contribution in [0.3, 0.4) is 0 Å². The summed E-state index contributed by atoms with van der Waals surface area (Å²) >= 11 is 0. The minimum atomic E-state index is -3.84. The molecule has 1 unspecified atom stereocenters. The van der Waals surface area contributed by atoms with Gasteiger partial charge in [0, 0.05) is 12.3 Å². The molecule has 174 valence electrons. The number of aliphatic carboxylic acids is 1. The first-order chi connectivity index (χ1) is 13.7. The average molecular weight is 442 g/mol. The highest BCUT2D eigenvalue weighted by atomic mass is 19.3. The SMILES string of the molecule is CC(CC(F)(F)[C@H]1O[C@H](CO)[C@H](O)[C@H](O)[C@H]1O)C(=O)N[C@@H](C)C(=O)N[C@@H](C)C(=O)O. The van der Waals surface area contributed by atoms with Crippen LogP contribution < -0.4 is 10.6 Å². The first-order valence-corrected chi connectivity index (χ1v) is 9.24. The van der Waals surface area contributed by atoms with Gasteiger partial charge in [0.1, 0.15) is 42.6 Å². The summed E-state index contributed by atoms with van der Waals surface area (Å²) in [5, 5.41) is 51.4. The summed E-state index contributed by atoms with van der Waals surface area (Å²) in [6, 6.07) is -2.42. The number of alkyl halides is 2. The zero-order valence-corrected chi connectivity index (χ0v) is 16.7. The number of rotatable bonds is 9. The van der Waals surface area contributed by atoms with Gasteiger partial charge in [-0.3, -0.25) is 14.4 Å². The Kier molecular flexibility index (Phi) is 9.05. The zero-order valence-electron chi connectivity index (χ0n) is 16.7. The maximum absolute atomic E-state index is 14.7. The van der Waals surface area contributed by atoms with Gasteiger partial charge in [0.2, 0.25) is 11.8 Å². The van der Waals surface area contributed by atoms with Gasteiger partial charge in [-0.25, -0.2) is 8.78 Å². The third-order valence-corrected chi connectivity index (χ3v) is 4.82. The lowest BCUT2D eigenvalue weighted by molar-refractivity contribution is -0.282. The van der Waals surface area contributed by atoms with Gasteiger partial charge in [-0.2, -0.15) is 0 Å². The molecular weight excluding hydrogens is 414 g/mol. The van der Waals surface area contributed by atoms with E-state index in [1.54, 1.807) is 0 Å². The lowest BCUT2D eigenvalue weighted by atomic mass is 9.88. The number of aliphatic hydroxyl groups is 4. The molecule has 1 saturated heterocycles. The third kappa shape index (κ3) is 6.28. The smallest absolute Gasteiger partial charge is 0.325 e. The van der Waals surface area contributed by atoms with Gasteiger partial charge < -0.3 is 40.9 Å². The minimum absolute atomic E-state index is 0.828. The Balaban J connectivity index is 2.75. The second-order valence-electron chi connectivity index (χ2n) is 7.41. The van der Waals surface area contributed by atoms with Crippen molar-refractivity contribution in [2.45, 2.75) is 75.7 Å². The quantitative estimate of drug-likeness (QED) is 0.204. The number of hydrogen-bond acceptors (Lipinski definition) is 8. The molecule has 2 amide bonds. The normalized spacial score (nSPS) is 30.1. The second kappa shape index (κ2) is 10.4. The number of aliphatic hydroxyl groups excluding tert-OH is 4. The van der Waals surface area contributed by atoms with Crippen LogP contribution >= 0.6 is 0 Å². The molecule has 0 aromatic carbocycles. The first kappa shape index (κ1) is 26.1. The van der Waals surface area contributed by atoms with Crippen molar-refractivity contribution in [1.82, 2.24) is 10.6 Å². The van der Waals surface area contributed by atoms with Gasteiger partial charge in [-0.05, 0) is 13.8 Å². The van der Waals surface area contributed by atoms with Crippen LogP contribution in [0.4, 0.5) is 8.78 Å². The molecule has 11 nitrogen and oxygen atoms in total. The summed E-state index contributed by atoms with van der Waals surface area (Å²) in [6.07, 6.45) is -10.9. The van der Waals surface area contributed by atoms with Crippen molar-refractivity contribution in [2.24, 2.45) is 5.92 Å². The molecule has 1 fully saturated rings. The fourth-order valence-electron chi connectivity index (χ4n) is 2.89. The molecule has 1 aliphatic heterocycles. The van der Waals surface area contributed by atoms with Gasteiger partial charge in [-0.1, -0.05) is 6.92 Å². The summed E-state index contributed by atoms with van der Waals surface area (Å²) in [7, 11) is 0. The largest absolute Gasteiger partial charge is 0.480 e. The Morgan fingerprint density at radius 1 is 0.967 bits per heavy atom. The molecule has 1 heterocycles. The molecule has 1 aliphatic rings. The number of hydrogen-bond donors (Lipinski definition) is 7. The topological polar surface area (TPSA) is 186 Å². The van der Waals surface area contributed by atoms with Crippen molar-refractivity contribution in [3.8, 4) is 0 Å². The summed E-state index contributed by atoms with van der Waals surface area (Å²) in [6.45, 7) is 2.70. The van der Waals surface area contributed by atoms with E-state index in [0.717, 1.165) is 6.92 Å². The van der Waals surface area contributed by atoms with Crippen LogP contribution in [0.2, 0.25) is 0 Å². The summed E-state index contributed by atoms with van der Waals surface area (Å²) in [5.41, 5.74) is 0. The average Bonchev–Trinajstić information content (AvgIpc) is 2.65. The minimum Gasteiger partial charge on any atom is -0.480 e. The molecule has 8 atom stereocenters. The number of carbonyl (C=O) groups is 3. The summed E-state index contributed by atoms with van der Waals surface area (Å²) in [5.74, 6) is -8.28. The number of carbonyl (C=O) groups excluding carboxylic acids is 2. The van der Waals surface area contributed by atoms with Gasteiger partial charge in [0.05, 0.1) is 6.61 Å². The third-order valence-electron chi connectivity index (χ3n) is 4.82. The fraction of sp³-hybridized carbons (Fsp3) is 0.824. The van der Waals surface area contributed by atoms with E-state index in [2.05, 4.69) is 10.6 Å². The molecule has 0 radical (unpaired) electrons. The molecule has 0 aromatic heterocycles. The van der Waals surface area contributed by atoms with Gasteiger partial charge in [0.15, 0.2) is 0 Å². The molecule has 7 N–H and O–H groups in total. The maximum atomic E-state index is 14.7. The van der Waals surface area contributed by atoms with E-state index < -0.39 is 85.3 Å². The van der Waals surface area contributed by atoms with E-state index in [9.17, 15) is 38.5 Å². The van der Waals surface area contributed by atoms with Crippen LogP contribution in [0, 0.1) is 5.92 Å². The van der Waals surface area contributed by atoms with Crippen LogP contribution in [0.5, 0.6) is 0 Å². The molecule has 0 saturated carbocycles. The Hall–Kier alpha value is -1.93. The van der Waals surface area contributed by atoms with Gasteiger partial charge in [-0.15, -0.1) is 0 Å².